The number of ether oxygens (including phenoxy) is 2. The lowest BCUT2D eigenvalue weighted by Crippen LogP contribution is -2.28. The predicted octanol–water partition coefficient (Wildman–Crippen LogP) is 2.63. The van der Waals surface area contributed by atoms with Crippen LogP contribution in [0, 0.1) is 0 Å². The molecular weight excluding hydrogens is 360 g/mol. The highest BCUT2D eigenvalue weighted by Crippen LogP contribution is 2.30. The van der Waals surface area contributed by atoms with Crippen LogP contribution in [0.15, 0.2) is 18.2 Å². The van der Waals surface area contributed by atoms with Crippen molar-refractivity contribution in [2.45, 2.75) is 39.2 Å². The van der Waals surface area contributed by atoms with Crippen LogP contribution in [-0.4, -0.2) is 42.1 Å². The first-order valence-corrected chi connectivity index (χ1v) is 9.50. The summed E-state index contributed by atoms with van der Waals surface area (Å²) in [6.07, 6.45) is 3.49. The van der Waals surface area contributed by atoms with E-state index in [2.05, 4.69) is 15.6 Å². The first-order valence-electron chi connectivity index (χ1n) is 9.50. The van der Waals surface area contributed by atoms with Crippen molar-refractivity contribution in [3.05, 3.63) is 35.4 Å². The number of benzene rings is 1. The van der Waals surface area contributed by atoms with Crippen LogP contribution in [0.5, 0.6) is 11.5 Å². The molecular formula is C20H26N4O4. The number of carbonyl (C=O) groups is 2. The van der Waals surface area contributed by atoms with Gasteiger partial charge in [0.25, 0.3) is 11.8 Å². The summed E-state index contributed by atoms with van der Waals surface area (Å²) in [7, 11) is 3.09. The van der Waals surface area contributed by atoms with Crippen molar-refractivity contribution in [3.63, 3.8) is 0 Å². The van der Waals surface area contributed by atoms with Gasteiger partial charge >= 0.3 is 0 Å². The number of aromatic nitrogens is 2. The number of nitrogens with zero attached hydrogens (tertiary/aromatic N) is 2. The van der Waals surface area contributed by atoms with Crippen molar-refractivity contribution in [2.75, 3.05) is 26.1 Å². The highest BCUT2D eigenvalue weighted by Gasteiger charge is 2.27. The Kier molecular flexibility index (Phi) is 6.18. The second kappa shape index (κ2) is 8.77. The molecule has 0 saturated heterocycles. The Morgan fingerprint density at radius 1 is 1.18 bits per heavy atom. The summed E-state index contributed by atoms with van der Waals surface area (Å²) in [5.74, 6) is 0.815. The number of anilines is 1. The Morgan fingerprint density at radius 3 is 2.71 bits per heavy atom. The Balaban J connectivity index is 1.90. The van der Waals surface area contributed by atoms with Crippen LogP contribution in [0.3, 0.4) is 0 Å². The van der Waals surface area contributed by atoms with E-state index in [-0.39, 0.29) is 11.8 Å². The topological polar surface area (TPSA) is 94.5 Å². The number of fused-ring (bicyclic) bond motifs is 1. The summed E-state index contributed by atoms with van der Waals surface area (Å²) in [4.78, 5) is 29.8. The van der Waals surface area contributed by atoms with Gasteiger partial charge in [-0.2, -0.15) is 0 Å². The number of rotatable bonds is 7. The van der Waals surface area contributed by atoms with Gasteiger partial charge in [0.2, 0.25) is 0 Å². The van der Waals surface area contributed by atoms with Gasteiger partial charge in [-0.3, -0.25) is 9.59 Å². The first-order chi connectivity index (χ1) is 13.6. The van der Waals surface area contributed by atoms with E-state index in [4.69, 9.17) is 9.47 Å². The maximum Gasteiger partial charge on any atom is 0.287 e. The van der Waals surface area contributed by atoms with Crippen LogP contribution in [0.2, 0.25) is 0 Å². The maximum absolute atomic E-state index is 13.0. The molecule has 0 unspecified atom stereocenters. The van der Waals surface area contributed by atoms with Crippen LogP contribution in [0.25, 0.3) is 0 Å². The van der Waals surface area contributed by atoms with Crippen molar-refractivity contribution in [1.82, 2.24) is 14.9 Å². The molecule has 0 atom stereocenters. The van der Waals surface area contributed by atoms with Gasteiger partial charge in [0.15, 0.2) is 11.5 Å². The second-order valence-electron chi connectivity index (χ2n) is 6.62. The zero-order valence-electron chi connectivity index (χ0n) is 16.5. The van der Waals surface area contributed by atoms with E-state index in [9.17, 15) is 9.59 Å². The molecule has 1 aromatic heterocycles. The molecule has 150 valence electrons. The second-order valence-corrected chi connectivity index (χ2v) is 6.62. The van der Waals surface area contributed by atoms with E-state index in [1.54, 1.807) is 25.3 Å². The molecule has 0 radical (unpaired) electrons. The largest absolute Gasteiger partial charge is 0.497 e. The van der Waals surface area contributed by atoms with Crippen molar-refractivity contribution < 1.29 is 19.1 Å². The molecule has 2 amide bonds. The molecule has 0 fully saturated rings. The van der Waals surface area contributed by atoms with Crippen LogP contribution >= 0.6 is 0 Å². The molecule has 0 bridgehead atoms. The number of hydrogen-bond donors (Lipinski definition) is 2. The first kappa shape index (κ1) is 19.7. The lowest BCUT2D eigenvalue weighted by atomic mass is 10.1. The number of amides is 2. The van der Waals surface area contributed by atoms with E-state index < -0.39 is 0 Å². The smallest absolute Gasteiger partial charge is 0.287 e. The SMILES string of the molecule is CCCNC(=O)c1nc(C(=O)Nc2ccc(OC)cc2OC)c2n1CCCC2. The van der Waals surface area contributed by atoms with Gasteiger partial charge in [0, 0.05) is 19.2 Å². The summed E-state index contributed by atoms with van der Waals surface area (Å²) in [6, 6.07) is 5.15. The minimum Gasteiger partial charge on any atom is -0.497 e. The Bertz CT molecular complexity index is 875. The quantitative estimate of drug-likeness (QED) is 0.763. The van der Waals surface area contributed by atoms with E-state index in [0.717, 1.165) is 31.4 Å². The highest BCUT2D eigenvalue weighted by atomic mass is 16.5. The monoisotopic (exact) mass is 386 g/mol. The number of hydrogen-bond acceptors (Lipinski definition) is 5. The van der Waals surface area contributed by atoms with Crippen molar-refractivity contribution in [2.24, 2.45) is 0 Å². The van der Waals surface area contributed by atoms with Crippen molar-refractivity contribution in [1.29, 1.82) is 0 Å². The summed E-state index contributed by atoms with van der Waals surface area (Å²) in [6.45, 7) is 3.25. The minimum atomic E-state index is -0.358. The molecule has 28 heavy (non-hydrogen) atoms. The molecule has 2 heterocycles. The molecule has 0 spiro atoms. The summed E-state index contributed by atoms with van der Waals surface area (Å²) in [5.41, 5.74) is 1.61. The van der Waals surface area contributed by atoms with E-state index in [1.807, 2.05) is 11.5 Å². The van der Waals surface area contributed by atoms with Crippen LogP contribution in [-0.2, 0) is 13.0 Å². The fourth-order valence-corrected chi connectivity index (χ4v) is 3.30. The van der Waals surface area contributed by atoms with Gasteiger partial charge in [-0.1, -0.05) is 6.92 Å². The van der Waals surface area contributed by atoms with E-state index in [0.29, 0.717) is 41.8 Å². The highest BCUT2D eigenvalue weighted by molar-refractivity contribution is 6.05. The molecule has 0 aliphatic carbocycles. The van der Waals surface area contributed by atoms with Crippen molar-refractivity contribution in [3.8, 4) is 11.5 Å². The van der Waals surface area contributed by atoms with E-state index >= 15 is 0 Å². The van der Waals surface area contributed by atoms with Crippen LogP contribution < -0.4 is 20.1 Å². The van der Waals surface area contributed by atoms with Gasteiger partial charge in [-0.25, -0.2) is 4.98 Å². The molecule has 3 rings (SSSR count). The summed E-state index contributed by atoms with van der Waals surface area (Å²) >= 11 is 0. The van der Waals surface area contributed by atoms with Gasteiger partial charge in [-0.05, 0) is 37.8 Å². The average Bonchev–Trinajstić information content (AvgIpc) is 3.12. The van der Waals surface area contributed by atoms with Crippen LogP contribution in [0.1, 0.15) is 53.0 Å². The zero-order valence-corrected chi connectivity index (χ0v) is 16.5. The fourth-order valence-electron chi connectivity index (χ4n) is 3.30. The average molecular weight is 386 g/mol. The lowest BCUT2D eigenvalue weighted by Gasteiger charge is -2.17. The lowest BCUT2D eigenvalue weighted by molar-refractivity contribution is 0.0937. The molecule has 2 N–H and O–H groups in total. The Hall–Kier alpha value is -3.03. The number of carbonyl (C=O) groups excluding carboxylic acids is 2. The van der Waals surface area contributed by atoms with Gasteiger partial charge in [0.1, 0.15) is 11.5 Å². The van der Waals surface area contributed by atoms with E-state index in [1.165, 1.54) is 7.11 Å². The fraction of sp³-hybridized carbons (Fsp3) is 0.450. The third kappa shape index (κ3) is 3.95. The minimum absolute atomic E-state index is 0.244. The number of nitrogens with one attached hydrogen (secondary N) is 2. The molecule has 1 aromatic carbocycles. The molecule has 1 aliphatic heterocycles. The number of imidazole rings is 1. The molecule has 8 heteroatoms. The van der Waals surface area contributed by atoms with Crippen molar-refractivity contribution >= 4 is 17.5 Å². The van der Waals surface area contributed by atoms with Gasteiger partial charge in [-0.15, -0.1) is 0 Å². The van der Waals surface area contributed by atoms with Gasteiger partial charge in [0.05, 0.1) is 25.6 Å². The van der Waals surface area contributed by atoms with Gasteiger partial charge < -0.3 is 24.7 Å². The molecule has 1 aliphatic rings. The Morgan fingerprint density at radius 2 is 2.00 bits per heavy atom. The summed E-state index contributed by atoms with van der Waals surface area (Å²) < 4.78 is 12.4. The standard InChI is InChI=1S/C20H26N4O4/c1-4-10-21-20(26)18-23-17(15-7-5-6-11-24(15)18)19(25)22-14-9-8-13(27-2)12-16(14)28-3/h8-9,12H,4-7,10-11H2,1-3H3,(H,21,26)(H,22,25). The third-order valence-electron chi connectivity index (χ3n) is 4.73. The third-order valence-corrected chi connectivity index (χ3v) is 4.73. The molecule has 0 saturated carbocycles. The van der Waals surface area contributed by atoms with Crippen LogP contribution in [0.4, 0.5) is 5.69 Å². The molecule has 8 nitrogen and oxygen atoms in total. The predicted molar refractivity (Wildman–Crippen MR) is 105 cm³/mol. The molecule has 2 aromatic rings. The summed E-state index contributed by atoms with van der Waals surface area (Å²) in [5, 5.41) is 5.69. The maximum atomic E-state index is 13.0. The zero-order chi connectivity index (χ0) is 20.1. The normalized spacial score (nSPS) is 12.8. The Labute approximate surface area is 164 Å². The number of methoxy groups -OCH3 is 2.